The molecule has 0 amide bonds. The van der Waals surface area contributed by atoms with Crippen LogP contribution in [0.2, 0.25) is 0 Å². The number of piperazine rings is 1. The fraction of sp³-hybridized carbons (Fsp3) is 0.188. The van der Waals surface area contributed by atoms with E-state index in [-0.39, 0.29) is 17.5 Å². The molecule has 0 spiro atoms. The standard InChI is InChI=1S/C32H31N7O2/c1-2-7-29(38-16-14-37(15-17-38)25-12-11-23(21-40)28(41)19-25)39-31(26-10-6-13-34-30(26)33)36-27-18-24(20-35-32(27)39)22-8-4-3-5-9-22/h2-6,8-13,18-21,29,41H,1,7,14-17H2,(H2,33,34). The van der Waals surface area contributed by atoms with Gasteiger partial charge in [-0.05, 0) is 42.3 Å². The van der Waals surface area contributed by atoms with E-state index in [0.717, 1.165) is 59.7 Å². The maximum atomic E-state index is 11.1. The number of carbonyl (C=O) groups excluding carboxylic acids is 1. The van der Waals surface area contributed by atoms with Crippen molar-refractivity contribution in [2.24, 2.45) is 0 Å². The van der Waals surface area contributed by atoms with Crippen LogP contribution in [0.25, 0.3) is 33.7 Å². The number of nitrogens with zero attached hydrogens (tertiary/aromatic N) is 6. The number of fused-ring (bicyclic) bond motifs is 1. The molecule has 1 saturated heterocycles. The molecule has 3 N–H and O–H groups in total. The number of hydrogen-bond donors (Lipinski definition) is 2. The van der Waals surface area contributed by atoms with Gasteiger partial charge in [-0.1, -0.05) is 36.4 Å². The van der Waals surface area contributed by atoms with E-state index in [1.807, 2.05) is 48.7 Å². The van der Waals surface area contributed by atoms with Crippen LogP contribution in [0.5, 0.6) is 5.75 Å². The van der Waals surface area contributed by atoms with Gasteiger partial charge >= 0.3 is 0 Å². The highest BCUT2D eigenvalue weighted by atomic mass is 16.3. The first-order chi connectivity index (χ1) is 20.1. The molecule has 9 nitrogen and oxygen atoms in total. The van der Waals surface area contributed by atoms with Gasteiger partial charge in [0.1, 0.15) is 22.9 Å². The zero-order chi connectivity index (χ0) is 28.3. The number of anilines is 2. The summed E-state index contributed by atoms with van der Waals surface area (Å²) in [6, 6.07) is 21.2. The minimum Gasteiger partial charge on any atom is -0.507 e. The van der Waals surface area contributed by atoms with Gasteiger partial charge in [-0.2, -0.15) is 0 Å². The van der Waals surface area contributed by atoms with Gasteiger partial charge in [-0.3, -0.25) is 14.3 Å². The number of aldehydes is 1. The molecule has 0 aliphatic carbocycles. The second-order valence-corrected chi connectivity index (χ2v) is 10.1. The topological polar surface area (TPSA) is 113 Å². The number of phenols is 1. The van der Waals surface area contributed by atoms with Gasteiger partial charge in [0, 0.05) is 55.9 Å². The SMILES string of the molecule is C=CCC(N1CCN(c2ccc(C=O)c(O)c2)CC1)n1c(-c2cccnc2N)nc2cc(-c3ccccc3)cnc21. The number of phenolic OH excluding ortho intramolecular Hbond substituents is 1. The predicted octanol–water partition coefficient (Wildman–Crippen LogP) is 5.16. The van der Waals surface area contributed by atoms with Crippen molar-refractivity contribution in [3.8, 4) is 28.3 Å². The van der Waals surface area contributed by atoms with Crippen LogP contribution in [0.15, 0.2) is 91.8 Å². The Labute approximate surface area is 238 Å². The summed E-state index contributed by atoms with van der Waals surface area (Å²) in [6.07, 6.45) is 6.73. The zero-order valence-electron chi connectivity index (χ0n) is 22.6. The fourth-order valence-corrected chi connectivity index (χ4v) is 5.52. The summed E-state index contributed by atoms with van der Waals surface area (Å²) >= 11 is 0. The summed E-state index contributed by atoms with van der Waals surface area (Å²) in [5.41, 5.74) is 11.9. The molecule has 0 saturated carbocycles. The molecular formula is C32H31N7O2. The molecule has 5 aromatic rings. The number of nitrogen functional groups attached to an aromatic ring is 1. The lowest BCUT2D eigenvalue weighted by Gasteiger charge is -2.41. The third kappa shape index (κ3) is 5.03. The van der Waals surface area contributed by atoms with Crippen LogP contribution in [0.4, 0.5) is 11.5 Å². The Morgan fingerprint density at radius 1 is 0.976 bits per heavy atom. The Morgan fingerprint density at radius 3 is 2.49 bits per heavy atom. The summed E-state index contributed by atoms with van der Waals surface area (Å²) in [5, 5.41) is 10.2. The van der Waals surface area contributed by atoms with Crippen LogP contribution >= 0.6 is 0 Å². The van der Waals surface area contributed by atoms with Crippen LogP contribution in [-0.4, -0.2) is 62.0 Å². The molecule has 0 bridgehead atoms. The molecule has 1 fully saturated rings. The largest absolute Gasteiger partial charge is 0.507 e. The van der Waals surface area contributed by atoms with E-state index < -0.39 is 0 Å². The normalized spacial score (nSPS) is 14.7. The van der Waals surface area contributed by atoms with Gasteiger partial charge in [0.05, 0.1) is 17.3 Å². The molecule has 206 valence electrons. The van der Waals surface area contributed by atoms with Crippen molar-refractivity contribution in [2.75, 3.05) is 36.8 Å². The number of aromatic hydroxyl groups is 1. The highest BCUT2D eigenvalue weighted by Crippen LogP contribution is 2.35. The van der Waals surface area contributed by atoms with E-state index in [4.69, 9.17) is 15.7 Å². The van der Waals surface area contributed by atoms with Gasteiger partial charge in [0.25, 0.3) is 0 Å². The number of hydrogen-bond acceptors (Lipinski definition) is 8. The van der Waals surface area contributed by atoms with Crippen LogP contribution in [0.3, 0.4) is 0 Å². The van der Waals surface area contributed by atoms with E-state index in [1.54, 1.807) is 18.3 Å². The third-order valence-corrected chi connectivity index (χ3v) is 7.63. The van der Waals surface area contributed by atoms with Crippen molar-refractivity contribution in [3.05, 3.63) is 97.3 Å². The quantitative estimate of drug-likeness (QED) is 0.203. The number of benzene rings is 2. The Morgan fingerprint density at radius 2 is 1.78 bits per heavy atom. The Kier molecular flexibility index (Phi) is 7.18. The van der Waals surface area contributed by atoms with Crippen LogP contribution < -0.4 is 10.6 Å². The van der Waals surface area contributed by atoms with Crippen molar-refractivity contribution in [1.29, 1.82) is 0 Å². The summed E-state index contributed by atoms with van der Waals surface area (Å²) in [6.45, 7) is 7.08. The second-order valence-electron chi connectivity index (χ2n) is 10.1. The molecule has 3 aromatic heterocycles. The van der Waals surface area contributed by atoms with E-state index in [1.165, 1.54) is 0 Å². The van der Waals surface area contributed by atoms with E-state index in [0.29, 0.717) is 24.3 Å². The number of carbonyl (C=O) groups is 1. The molecule has 41 heavy (non-hydrogen) atoms. The number of aromatic nitrogens is 4. The second kappa shape index (κ2) is 11.2. The van der Waals surface area contributed by atoms with Crippen molar-refractivity contribution in [2.45, 2.75) is 12.6 Å². The fourth-order valence-electron chi connectivity index (χ4n) is 5.52. The van der Waals surface area contributed by atoms with Crippen molar-refractivity contribution >= 4 is 29.0 Å². The molecule has 2 aromatic carbocycles. The molecule has 1 unspecified atom stereocenters. The Bertz CT molecular complexity index is 1710. The first-order valence-electron chi connectivity index (χ1n) is 13.6. The van der Waals surface area contributed by atoms with Gasteiger partial charge in [-0.15, -0.1) is 6.58 Å². The predicted molar refractivity (Wildman–Crippen MR) is 162 cm³/mol. The first kappa shape index (κ1) is 26.2. The van der Waals surface area contributed by atoms with Crippen LogP contribution in [0.1, 0.15) is 22.9 Å². The molecule has 1 aliphatic heterocycles. The van der Waals surface area contributed by atoms with Gasteiger partial charge in [0.2, 0.25) is 0 Å². The smallest absolute Gasteiger partial charge is 0.161 e. The van der Waals surface area contributed by atoms with Crippen molar-refractivity contribution in [3.63, 3.8) is 0 Å². The Balaban J connectivity index is 1.38. The minimum atomic E-state index is -0.102. The molecule has 0 radical (unpaired) electrons. The summed E-state index contributed by atoms with van der Waals surface area (Å²) in [5.74, 6) is 1.12. The summed E-state index contributed by atoms with van der Waals surface area (Å²) in [4.78, 5) is 30.1. The highest BCUT2D eigenvalue weighted by molar-refractivity contribution is 5.84. The molecule has 6 rings (SSSR count). The lowest BCUT2D eigenvalue weighted by Crippen LogP contribution is -2.49. The maximum Gasteiger partial charge on any atom is 0.161 e. The van der Waals surface area contributed by atoms with Crippen molar-refractivity contribution < 1.29 is 9.90 Å². The molecule has 1 aliphatic rings. The highest BCUT2D eigenvalue weighted by Gasteiger charge is 2.29. The minimum absolute atomic E-state index is 0.00556. The first-order valence-corrected chi connectivity index (χ1v) is 13.6. The van der Waals surface area contributed by atoms with Crippen molar-refractivity contribution in [1.82, 2.24) is 24.4 Å². The number of nitrogens with two attached hydrogens (primary N) is 1. The number of rotatable bonds is 8. The van der Waals surface area contributed by atoms with E-state index >= 15 is 0 Å². The lowest BCUT2D eigenvalue weighted by atomic mass is 10.1. The average molecular weight is 546 g/mol. The van der Waals surface area contributed by atoms with Gasteiger partial charge in [-0.25, -0.2) is 15.0 Å². The lowest BCUT2D eigenvalue weighted by molar-refractivity contribution is 0.112. The molecular weight excluding hydrogens is 514 g/mol. The summed E-state index contributed by atoms with van der Waals surface area (Å²) in [7, 11) is 0. The number of imidazole rings is 1. The zero-order valence-corrected chi connectivity index (χ0v) is 22.6. The van der Waals surface area contributed by atoms with E-state index in [9.17, 15) is 9.90 Å². The van der Waals surface area contributed by atoms with Crippen LogP contribution in [0, 0.1) is 0 Å². The number of pyridine rings is 2. The monoisotopic (exact) mass is 545 g/mol. The maximum absolute atomic E-state index is 11.1. The van der Waals surface area contributed by atoms with Crippen LogP contribution in [-0.2, 0) is 0 Å². The summed E-state index contributed by atoms with van der Waals surface area (Å²) < 4.78 is 2.17. The molecule has 9 heteroatoms. The van der Waals surface area contributed by atoms with Gasteiger partial charge < -0.3 is 15.7 Å². The average Bonchev–Trinajstić information content (AvgIpc) is 3.39. The Hall–Kier alpha value is -5.02. The molecule has 4 heterocycles. The van der Waals surface area contributed by atoms with Gasteiger partial charge in [0.15, 0.2) is 11.9 Å². The molecule has 1 atom stereocenters. The van der Waals surface area contributed by atoms with E-state index in [2.05, 4.69) is 44.1 Å². The third-order valence-electron chi connectivity index (χ3n) is 7.63.